The van der Waals surface area contributed by atoms with Crippen molar-refractivity contribution in [2.24, 2.45) is 0 Å². The number of hydrogen-bond acceptors (Lipinski definition) is 4. The topological polar surface area (TPSA) is 51.0 Å². The summed E-state index contributed by atoms with van der Waals surface area (Å²) in [5.41, 5.74) is 0. The fourth-order valence-electron chi connectivity index (χ4n) is 1.89. The van der Waals surface area contributed by atoms with Crippen LogP contribution in [0.5, 0.6) is 0 Å². The van der Waals surface area contributed by atoms with Crippen LogP contribution < -0.4 is 5.32 Å². The standard InChI is InChI=1S/C11H19N3O/c1-8(2)11-13-10(15-14-11)7-9-5-3-4-6-12-9/h8-9,12H,3-7H2,1-2H3/t9-/m1/s1. The maximum Gasteiger partial charge on any atom is 0.228 e. The Balaban J connectivity index is 1.91. The van der Waals surface area contributed by atoms with Crippen molar-refractivity contribution in [1.29, 1.82) is 0 Å². The highest BCUT2D eigenvalue weighted by Crippen LogP contribution is 2.14. The fraction of sp³-hybridized carbons (Fsp3) is 0.818. The van der Waals surface area contributed by atoms with E-state index in [4.69, 9.17) is 4.52 Å². The second-order valence-electron chi connectivity index (χ2n) is 4.55. The normalized spacial score (nSPS) is 22.2. The maximum absolute atomic E-state index is 5.23. The highest BCUT2D eigenvalue weighted by molar-refractivity contribution is 4.94. The van der Waals surface area contributed by atoms with Gasteiger partial charge in [-0.05, 0) is 19.4 Å². The Kier molecular flexibility index (Phi) is 3.36. The van der Waals surface area contributed by atoms with Crippen LogP contribution in [0.25, 0.3) is 0 Å². The molecule has 0 aliphatic carbocycles. The molecule has 0 saturated carbocycles. The first kappa shape index (κ1) is 10.6. The molecule has 1 aromatic rings. The van der Waals surface area contributed by atoms with Gasteiger partial charge in [-0.3, -0.25) is 0 Å². The number of nitrogens with zero attached hydrogens (tertiary/aromatic N) is 2. The van der Waals surface area contributed by atoms with Crippen molar-refractivity contribution in [1.82, 2.24) is 15.5 Å². The van der Waals surface area contributed by atoms with E-state index in [0.717, 1.165) is 24.7 Å². The molecular weight excluding hydrogens is 190 g/mol. The summed E-state index contributed by atoms with van der Waals surface area (Å²) in [4.78, 5) is 4.39. The summed E-state index contributed by atoms with van der Waals surface area (Å²) in [5.74, 6) is 1.95. The molecule has 0 radical (unpaired) electrons. The molecule has 1 aliphatic rings. The van der Waals surface area contributed by atoms with Crippen molar-refractivity contribution < 1.29 is 4.52 Å². The predicted octanol–water partition coefficient (Wildman–Crippen LogP) is 1.88. The zero-order valence-electron chi connectivity index (χ0n) is 9.49. The Morgan fingerprint density at radius 2 is 2.33 bits per heavy atom. The van der Waals surface area contributed by atoms with Crippen LogP contribution in [0.3, 0.4) is 0 Å². The lowest BCUT2D eigenvalue weighted by atomic mass is 10.0. The molecule has 84 valence electrons. The van der Waals surface area contributed by atoms with E-state index < -0.39 is 0 Å². The van der Waals surface area contributed by atoms with Crippen LogP contribution in [-0.2, 0) is 6.42 Å². The van der Waals surface area contributed by atoms with Crippen LogP contribution in [0.2, 0.25) is 0 Å². The number of hydrogen-bond donors (Lipinski definition) is 1. The maximum atomic E-state index is 5.23. The molecule has 2 rings (SSSR count). The summed E-state index contributed by atoms with van der Waals surface area (Å²) < 4.78 is 5.23. The van der Waals surface area contributed by atoms with E-state index in [2.05, 4.69) is 29.3 Å². The van der Waals surface area contributed by atoms with Gasteiger partial charge in [-0.1, -0.05) is 25.4 Å². The minimum Gasteiger partial charge on any atom is -0.339 e. The van der Waals surface area contributed by atoms with Crippen LogP contribution in [0, 0.1) is 0 Å². The molecular formula is C11H19N3O. The van der Waals surface area contributed by atoms with Gasteiger partial charge in [0.15, 0.2) is 5.82 Å². The minimum atomic E-state index is 0.349. The van der Waals surface area contributed by atoms with E-state index in [1.54, 1.807) is 0 Å². The predicted molar refractivity (Wildman–Crippen MR) is 57.7 cm³/mol. The molecule has 1 atom stereocenters. The molecule has 15 heavy (non-hydrogen) atoms. The molecule has 0 bridgehead atoms. The minimum absolute atomic E-state index is 0.349. The Bertz CT molecular complexity index is 303. The van der Waals surface area contributed by atoms with Gasteiger partial charge >= 0.3 is 0 Å². The molecule has 4 heteroatoms. The highest BCUT2D eigenvalue weighted by atomic mass is 16.5. The Hall–Kier alpha value is -0.900. The van der Waals surface area contributed by atoms with Gasteiger partial charge in [0, 0.05) is 18.4 Å². The number of aromatic nitrogens is 2. The highest BCUT2D eigenvalue weighted by Gasteiger charge is 2.17. The van der Waals surface area contributed by atoms with Crippen molar-refractivity contribution >= 4 is 0 Å². The van der Waals surface area contributed by atoms with Crippen molar-refractivity contribution in [2.75, 3.05) is 6.54 Å². The lowest BCUT2D eigenvalue weighted by Gasteiger charge is -2.21. The third-order valence-electron chi connectivity index (χ3n) is 2.83. The van der Waals surface area contributed by atoms with Gasteiger partial charge in [-0.25, -0.2) is 0 Å². The molecule has 1 aliphatic heterocycles. The number of rotatable bonds is 3. The summed E-state index contributed by atoms with van der Waals surface area (Å²) >= 11 is 0. The summed E-state index contributed by atoms with van der Waals surface area (Å²) in [5, 5.41) is 7.45. The molecule has 1 N–H and O–H groups in total. The first-order chi connectivity index (χ1) is 7.25. The Labute approximate surface area is 90.4 Å². The van der Waals surface area contributed by atoms with Gasteiger partial charge in [0.1, 0.15) is 0 Å². The van der Waals surface area contributed by atoms with Gasteiger partial charge in [0.25, 0.3) is 0 Å². The van der Waals surface area contributed by atoms with E-state index in [1.807, 2.05) is 0 Å². The summed E-state index contributed by atoms with van der Waals surface area (Å²) in [6.07, 6.45) is 4.69. The second kappa shape index (κ2) is 4.75. The summed E-state index contributed by atoms with van der Waals surface area (Å²) in [6.45, 7) is 5.27. The molecule has 0 aromatic carbocycles. The molecule has 1 saturated heterocycles. The summed E-state index contributed by atoms with van der Waals surface area (Å²) in [6, 6.07) is 0.527. The zero-order valence-corrected chi connectivity index (χ0v) is 9.49. The lowest BCUT2D eigenvalue weighted by molar-refractivity contribution is 0.329. The second-order valence-corrected chi connectivity index (χ2v) is 4.55. The van der Waals surface area contributed by atoms with E-state index in [-0.39, 0.29) is 0 Å². The average molecular weight is 209 g/mol. The van der Waals surface area contributed by atoms with Gasteiger partial charge in [-0.15, -0.1) is 0 Å². The van der Waals surface area contributed by atoms with E-state index in [1.165, 1.54) is 19.3 Å². The quantitative estimate of drug-likeness (QED) is 0.825. The van der Waals surface area contributed by atoms with Crippen LogP contribution in [0.4, 0.5) is 0 Å². The Morgan fingerprint density at radius 1 is 1.47 bits per heavy atom. The van der Waals surface area contributed by atoms with Crippen LogP contribution in [0.15, 0.2) is 4.52 Å². The van der Waals surface area contributed by atoms with Gasteiger partial charge in [0.05, 0.1) is 0 Å². The Morgan fingerprint density at radius 3 is 2.93 bits per heavy atom. The van der Waals surface area contributed by atoms with E-state index >= 15 is 0 Å². The molecule has 1 fully saturated rings. The van der Waals surface area contributed by atoms with Crippen LogP contribution >= 0.6 is 0 Å². The average Bonchev–Trinajstić information content (AvgIpc) is 2.68. The molecule has 0 amide bonds. The van der Waals surface area contributed by atoms with Gasteiger partial charge in [-0.2, -0.15) is 4.98 Å². The molecule has 4 nitrogen and oxygen atoms in total. The molecule has 0 spiro atoms. The van der Waals surface area contributed by atoms with Crippen molar-refractivity contribution in [3.63, 3.8) is 0 Å². The zero-order chi connectivity index (χ0) is 10.7. The largest absolute Gasteiger partial charge is 0.339 e. The lowest BCUT2D eigenvalue weighted by Crippen LogP contribution is -2.35. The monoisotopic (exact) mass is 209 g/mol. The smallest absolute Gasteiger partial charge is 0.228 e. The summed E-state index contributed by atoms with van der Waals surface area (Å²) in [7, 11) is 0. The number of piperidine rings is 1. The first-order valence-corrected chi connectivity index (χ1v) is 5.81. The molecule has 1 aromatic heterocycles. The third kappa shape index (κ3) is 2.78. The number of nitrogens with one attached hydrogen (secondary N) is 1. The van der Waals surface area contributed by atoms with Crippen LogP contribution in [0.1, 0.15) is 50.7 Å². The van der Waals surface area contributed by atoms with E-state index in [9.17, 15) is 0 Å². The van der Waals surface area contributed by atoms with Gasteiger partial charge < -0.3 is 9.84 Å². The van der Waals surface area contributed by atoms with Crippen molar-refractivity contribution in [3.05, 3.63) is 11.7 Å². The third-order valence-corrected chi connectivity index (χ3v) is 2.83. The van der Waals surface area contributed by atoms with E-state index in [0.29, 0.717) is 12.0 Å². The van der Waals surface area contributed by atoms with Gasteiger partial charge in [0.2, 0.25) is 5.89 Å². The van der Waals surface area contributed by atoms with Crippen molar-refractivity contribution in [2.45, 2.75) is 51.5 Å². The molecule has 0 unspecified atom stereocenters. The molecule has 2 heterocycles. The SMILES string of the molecule is CC(C)c1noc(C[C@H]2CCCCN2)n1. The first-order valence-electron chi connectivity index (χ1n) is 5.81. The fourth-order valence-corrected chi connectivity index (χ4v) is 1.89. The van der Waals surface area contributed by atoms with Crippen LogP contribution in [-0.4, -0.2) is 22.7 Å². The van der Waals surface area contributed by atoms with Crippen molar-refractivity contribution in [3.8, 4) is 0 Å².